The largest absolute Gasteiger partial charge is 0.813 e. The first-order chi connectivity index (χ1) is 1.41. The molecule has 0 amide bonds. The van der Waals surface area contributed by atoms with Crippen LogP contribution in [0.15, 0.2) is 0 Å². The van der Waals surface area contributed by atoms with E-state index >= 15 is 0 Å². The van der Waals surface area contributed by atoms with Gasteiger partial charge in [-0.3, -0.25) is 6.29 Å². The molecule has 29 valence electrons. The van der Waals surface area contributed by atoms with Crippen LogP contribution in [0.4, 0.5) is 0 Å². The molecule has 1 nitrogen and oxygen atoms in total. The van der Waals surface area contributed by atoms with Crippen LogP contribution in [0.3, 0.4) is 0 Å². The van der Waals surface area contributed by atoms with E-state index in [2.05, 4.69) is 0 Å². The molecule has 0 atom stereocenters. The SMILES string of the molecule is C[C-]=O.[SH-].[Y]. The fourth-order valence-electron chi connectivity index (χ4n) is 0. The van der Waals surface area contributed by atoms with Gasteiger partial charge in [0.15, 0.2) is 0 Å². The standard InChI is InChI=1S/C2H3O.H2S.Y/c1-2-3;;/h1H3;1H2;/q-1;;/p-1. The van der Waals surface area contributed by atoms with Gasteiger partial charge in [0.1, 0.15) is 0 Å². The normalized spacial score (nSPS) is 2.60. The fourth-order valence-corrected chi connectivity index (χ4v) is 0. The van der Waals surface area contributed by atoms with Gasteiger partial charge in [-0.1, -0.05) is 0 Å². The van der Waals surface area contributed by atoms with Crippen molar-refractivity contribution in [1.29, 1.82) is 0 Å². The van der Waals surface area contributed by atoms with E-state index in [1.807, 2.05) is 0 Å². The topological polar surface area (TPSA) is 17.1 Å². The summed E-state index contributed by atoms with van der Waals surface area (Å²) in [6.45, 7) is 1.32. The van der Waals surface area contributed by atoms with Crippen LogP contribution in [0.1, 0.15) is 6.92 Å². The van der Waals surface area contributed by atoms with Crippen molar-refractivity contribution in [3.05, 3.63) is 0 Å². The summed E-state index contributed by atoms with van der Waals surface area (Å²) in [5, 5.41) is 0. The van der Waals surface area contributed by atoms with E-state index in [1.165, 1.54) is 13.2 Å². The van der Waals surface area contributed by atoms with Crippen LogP contribution in [0.5, 0.6) is 0 Å². The molecule has 0 aliphatic heterocycles. The molecule has 3 heteroatoms. The minimum atomic E-state index is 0. The molecule has 0 saturated heterocycles. The molecule has 0 spiro atoms. The minimum Gasteiger partial charge on any atom is -0.813 e. The summed E-state index contributed by atoms with van der Waals surface area (Å²) in [6.07, 6.45) is 1.50. The Balaban J connectivity index is -0.0000000200. The second kappa shape index (κ2) is 19.3. The molecule has 0 fully saturated rings. The smallest absolute Gasteiger partial charge is 0 e. The van der Waals surface area contributed by atoms with E-state index in [-0.39, 0.29) is 46.2 Å². The Kier molecular flexibility index (Phi) is 63.7. The summed E-state index contributed by atoms with van der Waals surface area (Å²) >= 11 is 0. The molecule has 0 heterocycles. The fraction of sp³-hybridized carbons (Fsp3) is 0.500. The molecule has 5 heavy (non-hydrogen) atoms. The van der Waals surface area contributed by atoms with Crippen molar-refractivity contribution < 1.29 is 37.5 Å². The van der Waals surface area contributed by atoms with Crippen LogP contribution in [-0.4, -0.2) is 6.29 Å². The van der Waals surface area contributed by atoms with E-state index in [0.29, 0.717) is 0 Å². The number of hydrogen-bond donors (Lipinski definition) is 0. The van der Waals surface area contributed by atoms with Crippen LogP contribution in [0, 0.1) is 0 Å². The van der Waals surface area contributed by atoms with E-state index in [4.69, 9.17) is 4.79 Å². The quantitative estimate of drug-likeness (QED) is 0.282. The van der Waals surface area contributed by atoms with Crippen molar-refractivity contribution in [3.8, 4) is 0 Å². The van der Waals surface area contributed by atoms with Gasteiger partial charge < -0.3 is 18.3 Å². The van der Waals surface area contributed by atoms with Gasteiger partial charge in [0.05, 0.1) is 0 Å². The molecule has 0 aliphatic rings. The average Bonchev–Trinajstić information content (AvgIpc) is 0.918. The Morgan fingerprint density at radius 1 is 1.60 bits per heavy atom. The van der Waals surface area contributed by atoms with Crippen LogP contribution < -0.4 is 0 Å². The zero-order valence-electron chi connectivity index (χ0n) is 2.93. The molecular formula is C2H4OSY-2. The van der Waals surface area contributed by atoms with Gasteiger partial charge in [-0.2, -0.15) is 6.92 Å². The number of carbonyl (C=O) groups excluding carboxylic acids is 1. The molecule has 0 unspecified atom stereocenters. The molecule has 0 N–H and O–H groups in total. The summed E-state index contributed by atoms with van der Waals surface area (Å²) in [4.78, 5) is 8.68. The Morgan fingerprint density at radius 2 is 1.60 bits per heavy atom. The first-order valence-electron chi connectivity index (χ1n) is 0.704. The maximum atomic E-state index is 8.68. The monoisotopic (exact) mass is 165 g/mol. The number of thiol groups is 1. The predicted molar refractivity (Wildman–Crippen MR) is 20.1 cm³/mol. The third kappa shape index (κ3) is 39.6. The Hall–Kier alpha value is 1.12. The van der Waals surface area contributed by atoms with E-state index < -0.39 is 0 Å². The third-order valence-electron chi connectivity index (χ3n) is 0. The van der Waals surface area contributed by atoms with Gasteiger partial charge in [-0.25, -0.2) is 0 Å². The summed E-state index contributed by atoms with van der Waals surface area (Å²) in [5.74, 6) is 0. The summed E-state index contributed by atoms with van der Waals surface area (Å²) in [5.41, 5.74) is 0. The summed E-state index contributed by atoms with van der Waals surface area (Å²) in [6, 6.07) is 0. The van der Waals surface area contributed by atoms with Gasteiger partial charge >= 0.3 is 0 Å². The van der Waals surface area contributed by atoms with Crippen molar-refractivity contribution in [1.82, 2.24) is 0 Å². The third-order valence-corrected chi connectivity index (χ3v) is 0. The molecular weight excluding hydrogens is 161 g/mol. The van der Waals surface area contributed by atoms with Crippen LogP contribution in [0.2, 0.25) is 0 Å². The van der Waals surface area contributed by atoms with Crippen LogP contribution >= 0.6 is 0 Å². The average molecular weight is 165 g/mol. The Morgan fingerprint density at radius 3 is 1.60 bits per heavy atom. The molecule has 0 aromatic rings. The molecule has 0 aliphatic carbocycles. The van der Waals surface area contributed by atoms with E-state index in [0.717, 1.165) is 0 Å². The van der Waals surface area contributed by atoms with Crippen molar-refractivity contribution in [2.24, 2.45) is 0 Å². The first kappa shape index (κ1) is 16.5. The molecule has 1 radical (unpaired) electrons. The molecule has 0 rings (SSSR count). The Labute approximate surface area is 63.8 Å². The van der Waals surface area contributed by atoms with Crippen molar-refractivity contribution in [2.75, 3.05) is 0 Å². The van der Waals surface area contributed by atoms with Gasteiger partial charge in [-0.05, 0) is 0 Å². The van der Waals surface area contributed by atoms with Crippen molar-refractivity contribution in [3.63, 3.8) is 0 Å². The molecule has 0 aromatic heterocycles. The van der Waals surface area contributed by atoms with Crippen LogP contribution in [0.25, 0.3) is 0 Å². The minimum absolute atomic E-state index is 0. The van der Waals surface area contributed by atoms with Gasteiger partial charge in [0.25, 0.3) is 0 Å². The summed E-state index contributed by atoms with van der Waals surface area (Å²) < 4.78 is 0. The maximum Gasteiger partial charge on any atom is 0 e. The Bertz CT molecular complexity index is 17.1. The molecule has 0 aromatic carbocycles. The summed E-state index contributed by atoms with van der Waals surface area (Å²) in [7, 11) is 0. The number of rotatable bonds is 0. The van der Waals surface area contributed by atoms with Gasteiger partial charge in [0.2, 0.25) is 0 Å². The van der Waals surface area contributed by atoms with Crippen molar-refractivity contribution in [2.45, 2.75) is 6.92 Å². The van der Waals surface area contributed by atoms with E-state index in [1.54, 1.807) is 0 Å². The zero-order valence-corrected chi connectivity index (χ0v) is 6.67. The molecule has 0 saturated carbocycles. The second-order valence-corrected chi connectivity index (χ2v) is 0.204. The van der Waals surface area contributed by atoms with Crippen LogP contribution in [-0.2, 0) is 51.0 Å². The zero-order chi connectivity index (χ0) is 2.71. The van der Waals surface area contributed by atoms with Crippen molar-refractivity contribution >= 4 is 19.8 Å². The maximum absolute atomic E-state index is 8.68. The predicted octanol–water partition coefficient (Wildman–Crippen LogP) is -0.157. The number of hydrogen-bond acceptors (Lipinski definition) is 2. The van der Waals surface area contributed by atoms with Gasteiger partial charge in [0, 0.05) is 32.7 Å². The van der Waals surface area contributed by atoms with Gasteiger partial charge in [-0.15, -0.1) is 0 Å². The first-order valence-corrected chi connectivity index (χ1v) is 0.704. The second-order valence-electron chi connectivity index (χ2n) is 0.204. The molecule has 0 bridgehead atoms. The van der Waals surface area contributed by atoms with E-state index in [9.17, 15) is 0 Å².